The van der Waals surface area contributed by atoms with E-state index in [9.17, 15) is 9.18 Å². The minimum absolute atomic E-state index is 0.119. The Hall–Kier alpha value is -2.69. The molecule has 0 atom stereocenters. The Kier molecular flexibility index (Phi) is 5.04. The van der Waals surface area contributed by atoms with Gasteiger partial charge in [0.25, 0.3) is 5.91 Å². The third-order valence-electron chi connectivity index (χ3n) is 2.73. The maximum Gasteiger partial charge on any atom is 0.277 e. The highest BCUT2D eigenvalue weighted by Crippen LogP contribution is 2.15. The fourth-order valence-corrected chi connectivity index (χ4v) is 1.62. The first-order valence-electron chi connectivity index (χ1n) is 6.41. The maximum atomic E-state index is 12.7. The molecule has 2 rings (SSSR count). The van der Waals surface area contributed by atoms with Crippen LogP contribution in [0.5, 0.6) is 5.75 Å². The first-order chi connectivity index (χ1) is 10.1. The summed E-state index contributed by atoms with van der Waals surface area (Å²) in [6, 6.07) is 13.2. The van der Waals surface area contributed by atoms with E-state index in [1.807, 2.05) is 25.1 Å². The zero-order valence-corrected chi connectivity index (χ0v) is 11.5. The molecule has 2 aromatic rings. The largest absolute Gasteiger partial charge is 0.483 e. The normalized spacial score (nSPS) is 10.6. The Morgan fingerprint density at radius 3 is 2.67 bits per heavy atom. The van der Waals surface area contributed by atoms with Crippen molar-refractivity contribution in [3.8, 4) is 5.75 Å². The van der Waals surface area contributed by atoms with Crippen molar-refractivity contribution >= 4 is 12.1 Å². The monoisotopic (exact) mass is 286 g/mol. The fourth-order valence-electron chi connectivity index (χ4n) is 1.62. The lowest BCUT2D eigenvalue weighted by molar-refractivity contribution is -0.123. The number of para-hydroxylation sites is 1. The van der Waals surface area contributed by atoms with E-state index in [0.717, 1.165) is 5.56 Å². The SMILES string of the molecule is Cc1ccccc1OCC(=O)N/N=C\c1ccc(F)cc1. The molecule has 0 fully saturated rings. The molecule has 21 heavy (non-hydrogen) atoms. The van der Waals surface area contributed by atoms with Gasteiger partial charge in [-0.15, -0.1) is 0 Å². The smallest absolute Gasteiger partial charge is 0.277 e. The molecule has 4 nitrogen and oxygen atoms in total. The van der Waals surface area contributed by atoms with Gasteiger partial charge in [0.2, 0.25) is 0 Å². The molecule has 0 radical (unpaired) electrons. The van der Waals surface area contributed by atoms with Crippen LogP contribution in [0.1, 0.15) is 11.1 Å². The Balaban J connectivity index is 1.80. The van der Waals surface area contributed by atoms with Crippen LogP contribution in [-0.4, -0.2) is 18.7 Å². The summed E-state index contributed by atoms with van der Waals surface area (Å²) in [6.45, 7) is 1.78. The van der Waals surface area contributed by atoms with Gasteiger partial charge in [0.15, 0.2) is 6.61 Å². The summed E-state index contributed by atoms with van der Waals surface area (Å²) in [5.74, 6) is -0.0189. The van der Waals surface area contributed by atoms with Gasteiger partial charge >= 0.3 is 0 Å². The molecule has 0 saturated heterocycles. The quantitative estimate of drug-likeness (QED) is 0.678. The van der Waals surface area contributed by atoms with Crippen molar-refractivity contribution < 1.29 is 13.9 Å². The number of ether oxygens (including phenoxy) is 1. The molecule has 0 aromatic heterocycles. The molecule has 1 amide bonds. The highest BCUT2D eigenvalue weighted by atomic mass is 19.1. The van der Waals surface area contributed by atoms with Crippen LogP contribution in [0.25, 0.3) is 0 Å². The van der Waals surface area contributed by atoms with Crippen molar-refractivity contribution in [1.29, 1.82) is 0 Å². The molecule has 0 aliphatic heterocycles. The van der Waals surface area contributed by atoms with Crippen LogP contribution < -0.4 is 10.2 Å². The highest BCUT2D eigenvalue weighted by Gasteiger charge is 2.02. The van der Waals surface area contributed by atoms with E-state index >= 15 is 0 Å². The van der Waals surface area contributed by atoms with E-state index < -0.39 is 0 Å². The lowest BCUT2D eigenvalue weighted by Crippen LogP contribution is -2.24. The second-order valence-corrected chi connectivity index (χ2v) is 4.40. The number of hydrogen-bond donors (Lipinski definition) is 1. The van der Waals surface area contributed by atoms with Gasteiger partial charge in [-0.3, -0.25) is 4.79 Å². The van der Waals surface area contributed by atoms with Crippen molar-refractivity contribution in [2.45, 2.75) is 6.92 Å². The predicted molar refractivity (Wildman–Crippen MR) is 78.8 cm³/mol. The topological polar surface area (TPSA) is 50.7 Å². The zero-order chi connectivity index (χ0) is 15.1. The molecule has 0 heterocycles. The summed E-state index contributed by atoms with van der Waals surface area (Å²) in [5, 5.41) is 3.78. The van der Waals surface area contributed by atoms with Crippen LogP contribution in [0.2, 0.25) is 0 Å². The summed E-state index contributed by atoms with van der Waals surface area (Å²) in [4.78, 5) is 11.6. The van der Waals surface area contributed by atoms with Gasteiger partial charge in [0.1, 0.15) is 11.6 Å². The van der Waals surface area contributed by atoms with E-state index in [4.69, 9.17) is 4.74 Å². The van der Waals surface area contributed by atoms with Gasteiger partial charge in [-0.2, -0.15) is 5.10 Å². The van der Waals surface area contributed by atoms with Crippen molar-refractivity contribution in [3.63, 3.8) is 0 Å². The van der Waals surface area contributed by atoms with Gasteiger partial charge in [-0.05, 0) is 36.2 Å². The molecule has 0 bridgehead atoms. The number of benzene rings is 2. The lowest BCUT2D eigenvalue weighted by Gasteiger charge is -2.07. The van der Waals surface area contributed by atoms with Gasteiger partial charge < -0.3 is 4.74 Å². The Morgan fingerprint density at radius 2 is 1.95 bits per heavy atom. The summed E-state index contributed by atoms with van der Waals surface area (Å²) in [6.07, 6.45) is 1.44. The van der Waals surface area contributed by atoms with Crippen molar-refractivity contribution in [1.82, 2.24) is 5.43 Å². The van der Waals surface area contributed by atoms with E-state index in [1.54, 1.807) is 18.2 Å². The summed E-state index contributed by atoms with van der Waals surface area (Å²) >= 11 is 0. The number of nitrogens with zero attached hydrogens (tertiary/aromatic N) is 1. The van der Waals surface area contributed by atoms with Gasteiger partial charge in [-0.1, -0.05) is 30.3 Å². The number of rotatable bonds is 5. The van der Waals surface area contributed by atoms with E-state index in [0.29, 0.717) is 11.3 Å². The molecule has 0 saturated carbocycles. The molecule has 0 aliphatic carbocycles. The Bertz CT molecular complexity index is 639. The second kappa shape index (κ2) is 7.19. The van der Waals surface area contributed by atoms with Crippen LogP contribution in [0.4, 0.5) is 4.39 Å². The number of nitrogens with one attached hydrogen (secondary N) is 1. The lowest BCUT2D eigenvalue weighted by atomic mass is 10.2. The first kappa shape index (κ1) is 14.7. The predicted octanol–water partition coefficient (Wildman–Crippen LogP) is 2.66. The molecule has 108 valence electrons. The minimum atomic E-state index is -0.364. The van der Waals surface area contributed by atoms with Crippen LogP contribution in [-0.2, 0) is 4.79 Å². The molecule has 5 heteroatoms. The standard InChI is InChI=1S/C16H15FN2O2/c1-12-4-2-3-5-15(12)21-11-16(20)19-18-10-13-6-8-14(17)9-7-13/h2-10H,11H2,1H3,(H,19,20)/b18-10-. The Morgan fingerprint density at radius 1 is 1.24 bits per heavy atom. The molecule has 0 unspecified atom stereocenters. The average molecular weight is 286 g/mol. The van der Waals surface area contributed by atoms with E-state index in [1.165, 1.54) is 18.3 Å². The molecular weight excluding hydrogens is 271 g/mol. The minimum Gasteiger partial charge on any atom is -0.483 e. The first-order valence-corrected chi connectivity index (χ1v) is 6.41. The molecule has 0 spiro atoms. The number of amides is 1. The number of aryl methyl sites for hydroxylation is 1. The number of carbonyl (C=O) groups excluding carboxylic acids is 1. The second-order valence-electron chi connectivity index (χ2n) is 4.40. The van der Waals surface area contributed by atoms with Gasteiger partial charge in [0, 0.05) is 0 Å². The number of halogens is 1. The number of hydrazone groups is 1. The Labute approximate surface area is 122 Å². The van der Waals surface area contributed by atoms with Crippen molar-refractivity contribution in [2.24, 2.45) is 5.10 Å². The van der Waals surface area contributed by atoms with Crippen molar-refractivity contribution in [3.05, 3.63) is 65.5 Å². The molecular formula is C16H15FN2O2. The number of carbonyl (C=O) groups is 1. The van der Waals surface area contributed by atoms with E-state index in [2.05, 4.69) is 10.5 Å². The summed E-state index contributed by atoms with van der Waals surface area (Å²) in [5.41, 5.74) is 4.00. The maximum absolute atomic E-state index is 12.7. The van der Waals surface area contributed by atoms with Crippen LogP contribution >= 0.6 is 0 Å². The molecule has 1 N–H and O–H groups in total. The molecule has 2 aromatic carbocycles. The van der Waals surface area contributed by atoms with Crippen molar-refractivity contribution in [2.75, 3.05) is 6.61 Å². The summed E-state index contributed by atoms with van der Waals surface area (Å²) < 4.78 is 18.1. The zero-order valence-electron chi connectivity index (χ0n) is 11.5. The van der Waals surface area contributed by atoms with Crippen LogP contribution in [0.15, 0.2) is 53.6 Å². The van der Waals surface area contributed by atoms with Crippen LogP contribution in [0, 0.1) is 12.7 Å². The third-order valence-corrected chi connectivity index (χ3v) is 2.73. The third kappa shape index (κ3) is 4.72. The van der Waals surface area contributed by atoms with Crippen LogP contribution in [0.3, 0.4) is 0 Å². The number of hydrogen-bond acceptors (Lipinski definition) is 3. The highest BCUT2D eigenvalue weighted by molar-refractivity contribution is 5.82. The van der Waals surface area contributed by atoms with Gasteiger partial charge in [0.05, 0.1) is 6.21 Å². The molecule has 0 aliphatic rings. The average Bonchev–Trinajstić information content (AvgIpc) is 2.48. The fraction of sp³-hybridized carbons (Fsp3) is 0.125. The van der Waals surface area contributed by atoms with E-state index in [-0.39, 0.29) is 18.3 Å². The summed E-state index contributed by atoms with van der Waals surface area (Å²) in [7, 11) is 0. The van der Waals surface area contributed by atoms with Gasteiger partial charge in [-0.25, -0.2) is 9.82 Å².